The minimum absolute atomic E-state index is 0.00181. The van der Waals surface area contributed by atoms with Crippen molar-refractivity contribution in [2.45, 2.75) is 43.4 Å². The molecule has 4 atom stereocenters. The number of nitrogens with zero attached hydrogens (tertiary/aromatic N) is 2. The van der Waals surface area contributed by atoms with E-state index in [0.29, 0.717) is 11.4 Å². The molecule has 0 spiro atoms. The predicted molar refractivity (Wildman–Crippen MR) is 140 cm³/mol. The summed E-state index contributed by atoms with van der Waals surface area (Å²) in [5.41, 5.74) is 7.86. The maximum atomic E-state index is 13.2. The lowest BCUT2D eigenvalue weighted by Crippen LogP contribution is -2.58. The number of imidazole rings is 2. The quantitative estimate of drug-likeness (QED) is 0.118. The van der Waals surface area contributed by atoms with E-state index >= 15 is 0 Å². The molecule has 0 bridgehead atoms. The van der Waals surface area contributed by atoms with Crippen LogP contribution in [-0.2, 0) is 38.4 Å². The molecule has 3 aromatic rings. The van der Waals surface area contributed by atoms with Crippen LogP contribution in [0.1, 0.15) is 17.0 Å². The van der Waals surface area contributed by atoms with Crippen LogP contribution in [0.4, 0.5) is 0 Å². The van der Waals surface area contributed by atoms with Gasteiger partial charge < -0.3 is 36.8 Å². The lowest BCUT2D eigenvalue weighted by atomic mass is 10.0. The number of carbonyl (C=O) groups is 4. The lowest BCUT2D eigenvalue weighted by Gasteiger charge is -2.24. The molecule has 0 saturated heterocycles. The number of amides is 3. The lowest BCUT2D eigenvalue weighted by molar-refractivity contribution is -0.142. The summed E-state index contributed by atoms with van der Waals surface area (Å²) in [7, 11) is 0. The number of thiol groups is 1. The van der Waals surface area contributed by atoms with Crippen LogP contribution in [0.2, 0.25) is 0 Å². The highest BCUT2D eigenvalue weighted by Gasteiger charge is 2.30. The van der Waals surface area contributed by atoms with Crippen molar-refractivity contribution in [2.75, 3.05) is 5.75 Å². The number of hydrogen-bond acceptors (Lipinski definition) is 8. The molecule has 3 rings (SSSR count). The smallest absolute Gasteiger partial charge is 0.326 e. The van der Waals surface area contributed by atoms with E-state index in [1.54, 1.807) is 30.3 Å². The first-order valence-corrected chi connectivity index (χ1v) is 12.4. The van der Waals surface area contributed by atoms with Gasteiger partial charge in [0.05, 0.1) is 18.7 Å². The number of hydrogen-bond donors (Lipinski definition) is 8. The molecule has 38 heavy (non-hydrogen) atoms. The second-order valence-corrected chi connectivity index (χ2v) is 8.93. The molecule has 4 unspecified atom stereocenters. The van der Waals surface area contributed by atoms with Crippen LogP contribution in [-0.4, -0.2) is 78.7 Å². The van der Waals surface area contributed by atoms with Crippen LogP contribution in [0.25, 0.3) is 0 Å². The first kappa shape index (κ1) is 28.4. The summed E-state index contributed by atoms with van der Waals surface area (Å²) in [5.74, 6) is -3.27. The van der Waals surface area contributed by atoms with Gasteiger partial charge in [-0.15, -0.1) is 0 Å². The number of aromatic amines is 2. The van der Waals surface area contributed by atoms with E-state index < -0.39 is 47.9 Å². The Kier molecular flexibility index (Phi) is 10.4. The molecule has 0 aliphatic heterocycles. The van der Waals surface area contributed by atoms with Crippen LogP contribution in [0, 0.1) is 0 Å². The Hall–Kier alpha value is -4.17. The fourth-order valence-electron chi connectivity index (χ4n) is 3.62. The maximum Gasteiger partial charge on any atom is 0.326 e. The number of nitrogens with one attached hydrogen (secondary N) is 5. The fraction of sp³-hybridized carbons (Fsp3) is 0.333. The first-order chi connectivity index (χ1) is 18.3. The van der Waals surface area contributed by atoms with E-state index in [-0.39, 0.29) is 25.0 Å². The molecular formula is C24H30N8O5S. The van der Waals surface area contributed by atoms with Crippen LogP contribution in [0.3, 0.4) is 0 Å². The normalized spacial score (nSPS) is 14.1. The van der Waals surface area contributed by atoms with E-state index in [2.05, 4.69) is 48.5 Å². The number of aromatic nitrogens is 4. The summed E-state index contributed by atoms with van der Waals surface area (Å²) in [6, 6.07) is 4.39. The Bertz CT molecular complexity index is 1190. The SMILES string of the molecule is NC(Cc1cnc[nH]1)C(=O)NC(CS)C(=O)NC(Cc1cnc[nH]1)C(=O)NC(Cc1ccccc1)C(=O)O. The predicted octanol–water partition coefficient (Wildman–Crippen LogP) is -1.04. The van der Waals surface area contributed by atoms with Gasteiger partial charge in [-0.3, -0.25) is 14.4 Å². The molecule has 202 valence electrons. The van der Waals surface area contributed by atoms with Crippen molar-refractivity contribution in [1.82, 2.24) is 35.9 Å². The second kappa shape index (κ2) is 13.9. The highest BCUT2D eigenvalue weighted by molar-refractivity contribution is 7.80. The van der Waals surface area contributed by atoms with Crippen LogP contribution in [0.15, 0.2) is 55.4 Å². The largest absolute Gasteiger partial charge is 0.480 e. The number of carboxylic acid groups (broad SMARTS) is 1. The van der Waals surface area contributed by atoms with Crippen molar-refractivity contribution in [3.05, 3.63) is 72.3 Å². The van der Waals surface area contributed by atoms with Crippen molar-refractivity contribution >= 4 is 36.3 Å². The molecule has 2 aromatic heterocycles. The summed E-state index contributed by atoms with van der Waals surface area (Å²) in [4.78, 5) is 64.1. The third kappa shape index (κ3) is 8.45. The molecule has 1 aromatic carbocycles. The molecule has 0 saturated carbocycles. The van der Waals surface area contributed by atoms with Crippen molar-refractivity contribution in [3.63, 3.8) is 0 Å². The fourth-order valence-corrected chi connectivity index (χ4v) is 3.88. The number of carboxylic acids is 1. The molecule has 14 heteroatoms. The minimum atomic E-state index is -1.23. The van der Waals surface area contributed by atoms with Crippen molar-refractivity contribution in [3.8, 4) is 0 Å². The zero-order chi connectivity index (χ0) is 27.5. The summed E-state index contributed by atoms with van der Waals surface area (Å²) < 4.78 is 0. The van der Waals surface area contributed by atoms with E-state index in [1.807, 2.05) is 0 Å². The average Bonchev–Trinajstić information content (AvgIpc) is 3.61. The van der Waals surface area contributed by atoms with Crippen LogP contribution in [0.5, 0.6) is 0 Å². The first-order valence-electron chi connectivity index (χ1n) is 11.8. The molecule has 0 aliphatic carbocycles. The highest BCUT2D eigenvalue weighted by Crippen LogP contribution is 2.06. The summed E-state index contributed by atoms with van der Waals surface area (Å²) >= 11 is 4.16. The zero-order valence-electron chi connectivity index (χ0n) is 20.3. The van der Waals surface area contributed by atoms with Crippen molar-refractivity contribution in [1.29, 1.82) is 0 Å². The van der Waals surface area contributed by atoms with Gasteiger partial charge in [-0.1, -0.05) is 30.3 Å². The van der Waals surface area contributed by atoms with E-state index in [4.69, 9.17) is 5.73 Å². The third-order valence-electron chi connectivity index (χ3n) is 5.66. The Morgan fingerprint density at radius 2 is 1.37 bits per heavy atom. The van der Waals surface area contributed by atoms with Gasteiger partial charge in [-0.25, -0.2) is 14.8 Å². The number of nitrogens with two attached hydrogens (primary N) is 1. The molecule has 8 N–H and O–H groups in total. The Morgan fingerprint density at radius 3 is 1.92 bits per heavy atom. The van der Waals surface area contributed by atoms with Crippen molar-refractivity contribution < 1.29 is 24.3 Å². The van der Waals surface area contributed by atoms with Crippen LogP contribution < -0.4 is 21.7 Å². The minimum Gasteiger partial charge on any atom is -0.480 e. The Balaban J connectivity index is 1.68. The van der Waals surface area contributed by atoms with E-state index in [9.17, 15) is 24.3 Å². The van der Waals surface area contributed by atoms with Gasteiger partial charge in [0.15, 0.2) is 0 Å². The standard InChI is InChI=1S/C24H30N8O5S/c25-17(7-15-9-26-12-28-15)21(33)32-20(11-38)23(35)30-18(8-16-10-27-13-29-16)22(34)31-19(24(36)37)6-14-4-2-1-3-5-14/h1-5,9-10,12-13,17-20,38H,6-8,11,25H2,(H,26,28)(H,27,29)(H,30,35)(H,31,34)(H,32,33)(H,36,37). The van der Waals surface area contributed by atoms with Gasteiger partial charge in [-0.2, -0.15) is 12.6 Å². The number of benzene rings is 1. The average molecular weight is 543 g/mol. The van der Waals surface area contributed by atoms with Gasteiger partial charge >= 0.3 is 5.97 Å². The number of carbonyl (C=O) groups excluding carboxylic acids is 3. The zero-order valence-corrected chi connectivity index (χ0v) is 21.2. The molecule has 3 amide bonds. The summed E-state index contributed by atoms with van der Waals surface area (Å²) in [5, 5.41) is 17.3. The Labute approximate surface area is 223 Å². The van der Waals surface area contributed by atoms with Gasteiger partial charge in [0.2, 0.25) is 17.7 Å². The van der Waals surface area contributed by atoms with Gasteiger partial charge in [0.1, 0.15) is 18.1 Å². The highest BCUT2D eigenvalue weighted by atomic mass is 32.1. The molecule has 0 aliphatic rings. The number of aliphatic carboxylic acids is 1. The van der Waals surface area contributed by atoms with Crippen LogP contribution >= 0.6 is 12.6 Å². The molecule has 0 fully saturated rings. The van der Waals surface area contributed by atoms with Gasteiger partial charge in [-0.05, 0) is 5.56 Å². The van der Waals surface area contributed by atoms with Crippen molar-refractivity contribution in [2.24, 2.45) is 5.73 Å². The molecule has 2 heterocycles. The topological polar surface area (TPSA) is 208 Å². The monoisotopic (exact) mass is 542 g/mol. The van der Waals surface area contributed by atoms with Gasteiger partial charge in [0, 0.05) is 48.8 Å². The second-order valence-electron chi connectivity index (χ2n) is 8.56. The summed E-state index contributed by atoms with van der Waals surface area (Å²) in [6.45, 7) is 0. The van der Waals surface area contributed by atoms with Gasteiger partial charge in [0.25, 0.3) is 0 Å². The number of rotatable bonds is 14. The molecule has 0 radical (unpaired) electrons. The Morgan fingerprint density at radius 1 is 0.816 bits per heavy atom. The third-order valence-corrected chi connectivity index (χ3v) is 6.02. The van der Waals surface area contributed by atoms with E-state index in [0.717, 1.165) is 5.56 Å². The molecule has 13 nitrogen and oxygen atoms in total. The molecular weight excluding hydrogens is 512 g/mol. The summed E-state index contributed by atoms with van der Waals surface area (Å²) in [6.07, 6.45) is 6.13. The maximum absolute atomic E-state index is 13.2. The van der Waals surface area contributed by atoms with E-state index in [1.165, 1.54) is 25.0 Å². The number of H-pyrrole nitrogens is 2.